The number of amides is 1. The minimum atomic E-state index is -0.00786. The molecule has 1 N–H and O–H groups in total. The van der Waals surface area contributed by atoms with Crippen molar-refractivity contribution in [3.8, 4) is 0 Å². The third-order valence-electron chi connectivity index (χ3n) is 6.78. The van der Waals surface area contributed by atoms with E-state index in [1.54, 1.807) is 0 Å². The van der Waals surface area contributed by atoms with Gasteiger partial charge < -0.3 is 4.90 Å². The van der Waals surface area contributed by atoms with E-state index >= 15 is 0 Å². The van der Waals surface area contributed by atoms with Crippen LogP contribution in [0.25, 0.3) is 0 Å². The lowest BCUT2D eigenvalue weighted by Crippen LogP contribution is -2.42. The molecule has 3 rings (SSSR count). The molecule has 2 aliphatic rings. The van der Waals surface area contributed by atoms with Gasteiger partial charge in [-0.2, -0.15) is 0 Å². The molecule has 3 unspecified atom stereocenters. The molecular weight excluding hydrogens is 332 g/mol. The maximum absolute atomic E-state index is 12.3. The molecule has 27 heavy (non-hydrogen) atoms. The van der Waals surface area contributed by atoms with E-state index in [4.69, 9.17) is 0 Å². The second kappa shape index (κ2) is 7.27. The van der Waals surface area contributed by atoms with E-state index in [1.807, 2.05) is 11.9 Å². The van der Waals surface area contributed by atoms with E-state index in [2.05, 4.69) is 72.0 Å². The van der Waals surface area contributed by atoms with Gasteiger partial charge in [0.2, 0.25) is 5.91 Å². The number of allylic oxidation sites excluding steroid dienone is 3. The van der Waals surface area contributed by atoms with E-state index in [0.717, 1.165) is 0 Å². The van der Waals surface area contributed by atoms with E-state index in [1.165, 1.54) is 39.0 Å². The Morgan fingerprint density at radius 3 is 2.19 bits per heavy atom. The Labute approximate surface area is 164 Å². The van der Waals surface area contributed by atoms with Gasteiger partial charge in [0, 0.05) is 13.0 Å². The smallest absolute Gasteiger partial charge is 0.237 e. The molecule has 1 aromatic rings. The van der Waals surface area contributed by atoms with E-state index in [9.17, 15) is 4.79 Å². The first-order valence-corrected chi connectivity index (χ1v) is 10.1. The fourth-order valence-electron chi connectivity index (χ4n) is 5.16. The van der Waals surface area contributed by atoms with Gasteiger partial charge >= 0.3 is 0 Å². The summed E-state index contributed by atoms with van der Waals surface area (Å²) >= 11 is 0. The highest BCUT2D eigenvalue weighted by Crippen LogP contribution is 2.45. The van der Waals surface area contributed by atoms with Crippen LogP contribution in [0.3, 0.4) is 0 Å². The van der Waals surface area contributed by atoms with Crippen molar-refractivity contribution in [1.29, 1.82) is 0 Å². The van der Waals surface area contributed by atoms with Crippen LogP contribution in [0, 0.1) is 32.6 Å². The summed E-state index contributed by atoms with van der Waals surface area (Å²) in [4.78, 5) is 14.2. The largest absolute Gasteiger partial charge is 0.328 e. The molecular formula is C24H34N2O. The number of carbonyl (C=O) groups excluding carboxylic acids is 1. The van der Waals surface area contributed by atoms with Gasteiger partial charge in [-0.05, 0) is 68.7 Å². The molecule has 0 bridgehead atoms. The summed E-state index contributed by atoms with van der Waals surface area (Å²) in [6, 6.07) is 4.55. The molecule has 1 saturated heterocycles. The zero-order valence-electron chi connectivity index (χ0n) is 18.1. The highest BCUT2D eigenvalue weighted by molar-refractivity contribution is 5.80. The predicted octanol–water partition coefficient (Wildman–Crippen LogP) is 4.63. The molecule has 0 radical (unpaired) electrons. The Morgan fingerprint density at radius 1 is 1.07 bits per heavy atom. The molecule has 146 valence electrons. The van der Waals surface area contributed by atoms with Gasteiger partial charge in [-0.3, -0.25) is 10.1 Å². The van der Waals surface area contributed by atoms with Crippen molar-refractivity contribution in [2.45, 2.75) is 60.5 Å². The zero-order valence-corrected chi connectivity index (χ0v) is 18.1. The van der Waals surface area contributed by atoms with Crippen LogP contribution >= 0.6 is 0 Å². The van der Waals surface area contributed by atoms with Gasteiger partial charge in [0.1, 0.15) is 0 Å². The van der Waals surface area contributed by atoms with Crippen LogP contribution in [0.1, 0.15) is 55.9 Å². The average molecular weight is 367 g/mol. The van der Waals surface area contributed by atoms with Crippen LogP contribution in [0.4, 0.5) is 0 Å². The van der Waals surface area contributed by atoms with Gasteiger partial charge in [0.25, 0.3) is 0 Å². The van der Waals surface area contributed by atoms with Crippen molar-refractivity contribution in [3.63, 3.8) is 0 Å². The van der Waals surface area contributed by atoms with Gasteiger partial charge in [-0.25, -0.2) is 0 Å². The Kier molecular flexibility index (Phi) is 5.36. The quantitative estimate of drug-likeness (QED) is 0.846. The maximum atomic E-state index is 12.3. The van der Waals surface area contributed by atoms with Gasteiger partial charge in [-0.15, -0.1) is 0 Å². The maximum Gasteiger partial charge on any atom is 0.237 e. The number of carbonyl (C=O) groups is 1. The summed E-state index contributed by atoms with van der Waals surface area (Å²) in [7, 11) is 1.93. The number of nitrogens with zero attached hydrogens (tertiary/aromatic N) is 1. The Bertz CT molecular complexity index is 810. The van der Waals surface area contributed by atoms with Crippen LogP contribution in [-0.2, 0) is 4.79 Å². The molecule has 1 aromatic carbocycles. The number of hydrogen-bond acceptors (Lipinski definition) is 2. The topological polar surface area (TPSA) is 32.3 Å². The molecule has 3 heteroatoms. The first-order valence-electron chi connectivity index (χ1n) is 10.1. The van der Waals surface area contributed by atoms with Crippen molar-refractivity contribution in [2.24, 2.45) is 11.8 Å². The zero-order chi connectivity index (χ0) is 20.0. The molecule has 1 aliphatic heterocycles. The summed E-state index contributed by atoms with van der Waals surface area (Å²) in [5.41, 5.74) is 9.51. The second-order valence-corrected chi connectivity index (χ2v) is 8.71. The molecule has 0 aromatic heterocycles. The van der Waals surface area contributed by atoms with Gasteiger partial charge in [0.15, 0.2) is 0 Å². The van der Waals surface area contributed by atoms with Crippen molar-refractivity contribution in [1.82, 2.24) is 10.2 Å². The third-order valence-corrected chi connectivity index (χ3v) is 6.78. The molecule has 1 heterocycles. The molecule has 4 atom stereocenters. The lowest BCUT2D eigenvalue weighted by atomic mass is 9.71. The van der Waals surface area contributed by atoms with Crippen LogP contribution in [0.15, 0.2) is 34.9 Å². The Hall–Kier alpha value is -1.87. The minimum absolute atomic E-state index is 0.00786. The van der Waals surface area contributed by atoms with Crippen LogP contribution in [-0.4, -0.2) is 30.6 Å². The van der Waals surface area contributed by atoms with E-state index in [0.29, 0.717) is 18.4 Å². The standard InChI is InChI=1S/C24H34N2O/c1-13-9-15(3)21(16(4)10-13)23(24-25-12-20(27)26(24)8)22-17(5)11-14(2)18(6)19(22)7/h9-11,14,18,23-25H,12H2,1-8H3/t14?,18?,23?,24-/m1/s1. The Morgan fingerprint density at radius 2 is 1.67 bits per heavy atom. The Balaban J connectivity index is 2.24. The fraction of sp³-hybridized carbons (Fsp3) is 0.542. The van der Waals surface area contributed by atoms with Crippen LogP contribution < -0.4 is 5.32 Å². The molecule has 3 nitrogen and oxygen atoms in total. The van der Waals surface area contributed by atoms with E-state index < -0.39 is 0 Å². The van der Waals surface area contributed by atoms with Crippen molar-refractivity contribution in [3.05, 3.63) is 57.2 Å². The number of likely N-dealkylation sites (N-methyl/N-ethyl adjacent to an activating group) is 1. The normalized spacial score (nSPS) is 27.3. The summed E-state index contributed by atoms with van der Waals surface area (Å²) in [6.45, 7) is 16.2. The van der Waals surface area contributed by atoms with Crippen LogP contribution in [0.5, 0.6) is 0 Å². The first-order chi connectivity index (χ1) is 12.6. The van der Waals surface area contributed by atoms with E-state index in [-0.39, 0.29) is 18.0 Å². The molecule has 1 aliphatic carbocycles. The number of rotatable bonds is 3. The second-order valence-electron chi connectivity index (χ2n) is 8.71. The fourth-order valence-corrected chi connectivity index (χ4v) is 5.16. The van der Waals surface area contributed by atoms with Crippen molar-refractivity contribution >= 4 is 5.91 Å². The highest BCUT2D eigenvalue weighted by atomic mass is 16.2. The van der Waals surface area contributed by atoms with Gasteiger partial charge in [-0.1, -0.05) is 48.8 Å². The summed E-state index contributed by atoms with van der Waals surface area (Å²) in [5.74, 6) is 1.38. The monoisotopic (exact) mass is 366 g/mol. The van der Waals surface area contributed by atoms with Crippen LogP contribution in [0.2, 0.25) is 0 Å². The molecule has 1 fully saturated rings. The molecule has 0 spiro atoms. The summed E-state index contributed by atoms with van der Waals surface area (Å²) in [5, 5.41) is 3.50. The number of hydrogen-bond donors (Lipinski definition) is 1. The molecule has 1 amide bonds. The summed E-state index contributed by atoms with van der Waals surface area (Å²) < 4.78 is 0. The number of benzene rings is 1. The summed E-state index contributed by atoms with van der Waals surface area (Å²) in [6.07, 6.45) is 2.40. The number of nitrogens with one attached hydrogen (secondary N) is 1. The first kappa shape index (κ1) is 19.9. The van der Waals surface area contributed by atoms with Gasteiger partial charge in [0.05, 0.1) is 12.7 Å². The number of aryl methyl sites for hydroxylation is 3. The van der Waals surface area contributed by atoms with Crippen molar-refractivity contribution in [2.75, 3.05) is 13.6 Å². The lowest BCUT2D eigenvalue weighted by Gasteiger charge is -2.38. The average Bonchev–Trinajstić information content (AvgIpc) is 2.89. The molecule has 0 saturated carbocycles. The third kappa shape index (κ3) is 3.38. The van der Waals surface area contributed by atoms with Crippen molar-refractivity contribution < 1.29 is 4.79 Å². The lowest BCUT2D eigenvalue weighted by molar-refractivity contribution is -0.126. The highest BCUT2D eigenvalue weighted by Gasteiger charge is 2.40. The SMILES string of the molecule is CC1=CC(C)C(C)C(C)=C1C(c1c(C)cc(C)cc1C)[C@@H]1NCC(=O)N1C. The predicted molar refractivity (Wildman–Crippen MR) is 113 cm³/mol. The minimum Gasteiger partial charge on any atom is -0.328 e.